The Bertz CT molecular complexity index is 562. The Morgan fingerprint density at radius 3 is 2.67 bits per heavy atom. The van der Waals surface area contributed by atoms with E-state index in [0.717, 1.165) is 24.8 Å². The normalized spacial score (nSPS) is 17.8. The third kappa shape index (κ3) is 2.06. The fraction of sp³-hybridized carbons (Fsp3) is 0.250. The summed E-state index contributed by atoms with van der Waals surface area (Å²) in [4.78, 5) is 16.2. The summed E-state index contributed by atoms with van der Waals surface area (Å²) < 4.78 is 0. The average Bonchev–Trinajstić information content (AvgIpc) is 2.75. The van der Waals surface area contributed by atoms with Crippen LogP contribution in [0.15, 0.2) is 48.8 Å². The lowest BCUT2D eigenvalue weighted by Crippen LogP contribution is -2.10. The molecule has 90 valence electrons. The number of pyridine rings is 1. The smallest absolute Gasteiger partial charge is 0.166 e. The van der Waals surface area contributed by atoms with Gasteiger partial charge < -0.3 is 0 Å². The minimum Gasteiger partial charge on any atom is -0.294 e. The molecule has 1 atom stereocenters. The zero-order valence-electron chi connectivity index (χ0n) is 10.2. The fourth-order valence-corrected chi connectivity index (χ4v) is 2.64. The maximum absolute atomic E-state index is 12.2. The van der Waals surface area contributed by atoms with Gasteiger partial charge in [0.15, 0.2) is 5.78 Å². The number of ketones is 1. The van der Waals surface area contributed by atoms with Gasteiger partial charge in [0, 0.05) is 23.9 Å². The van der Waals surface area contributed by atoms with Crippen LogP contribution in [0.1, 0.15) is 27.9 Å². The monoisotopic (exact) mass is 237 g/mol. The Kier molecular flexibility index (Phi) is 2.93. The number of hydrogen-bond donors (Lipinski definition) is 0. The van der Waals surface area contributed by atoms with Crippen molar-refractivity contribution in [3.63, 3.8) is 0 Å². The minimum atomic E-state index is 0.163. The second kappa shape index (κ2) is 4.73. The first-order chi connectivity index (χ1) is 8.84. The van der Waals surface area contributed by atoms with E-state index in [2.05, 4.69) is 11.1 Å². The maximum atomic E-state index is 12.2. The third-order valence-electron chi connectivity index (χ3n) is 3.65. The molecule has 1 aliphatic rings. The molecule has 2 heteroatoms. The topological polar surface area (TPSA) is 30.0 Å². The predicted octanol–water partition coefficient (Wildman–Crippen LogP) is 3.07. The number of carbonyl (C=O) groups excluding carboxylic acids is 1. The molecule has 2 nitrogen and oxygen atoms in total. The van der Waals surface area contributed by atoms with Gasteiger partial charge in [-0.05, 0) is 42.5 Å². The van der Waals surface area contributed by atoms with Gasteiger partial charge >= 0.3 is 0 Å². The van der Waals surface area contributed by atoms with Crippen LogP contribution in [0.25, 0.3) is 0 Å². The first-order valence-electron chi connectivity index (χ1n) is 6.35. The third-order valence-corrected chi connectivity index (χ3v) is 3.65. The summed E-state index contributed by atoms with van der Waals surface area (Å²) in [6, 6.07) is 12.0. The van der Waals surface area contributed by atoms with Crippen molar-refractivity contribution < 1.29 is 4.79 Å². The van der Waals surface area contributed by atoms with Gasteiger partial charge in [-0.2, -0.15) is 0 Å². The molecule has 1 aromatic carbocycles. The Balaban J connectivity index is 1.68. The summed E-state index contributed by atoms with van der Waals surface area (Å²) in [6.07, 6.45) is 6.39. The number of Topliss-reactive ketones (excluding diaryl/α,β-unsaturated/α-hetero) is 1. The summed E-state index contributed by atoms with van der Waals surface area (Å²) in [5, 5.41) is 0. The van der Waals surface area contributed by atoms with Gasteiger partial charge in [-0.25, -0.2) is 0 Å². The van der Waals surface area contributed by atoms with Gasteiger partial charge in [0.2, 0.25) is 0 Å². The van der Waals surface area contributed by atoms with Crippen molar-refractivity contribution in [3.05, 3.63) is 65.5 Å². The summed E-state index contributed by atoms with van der Waals surface area (Å²) in [5.41, 5.74) is 3.40. The van der Waals surface area contributed by atoms with Crippen molar-refractivity contribution in [2.45, 2.75) is 19.3 Å². The molecular weight excluding hydrogens is 222 g/mol. The second-order valence-corrected chi connectivity index (χ2v) is 4.82. The molecule has 3 rings (SSSR count). The number of benzene rings is 1. The fourth-order valence-electron chi connectivity index (χ4n) is 2.64. The van der Waals surface area contributed by atoms with Crippen LogP contribution in [0.5, 0.6) is 0 Å². The molecule has 0 radical (unpaired) electrons. The van der Waals surface area contributed by atoms with Crippen LogP contribution in [0.4, 0.5) is 0 Å². The van der Waals surface area contributed by atoms with Crippen molar-refractivity contribution in [1.82, 2.24) is 4.98 Å². The maximum Gasteiger partial charge on any atom is 0.166 e. The molecule has 0 fully saturated rings. The lowest BCUT2D eigenvalue weighted by atomic mass is 9.96. The van der Waals surface area contributed by atoms with Gasteiger partial charge in [0.25, 0.3) is 0 Å². The van der Waals surface area contributed by atoms with E-state index in [4.69, 9.17) is 0 Å². The number of aryl methyl sites for hydroxylation is 1. The zero-order valence-corrected chi connectivity index (χ0v) is 10.2. The Morgan fingerprint density at radius 2 is 1.89 bits per heavy atom. The van der Waals surface area contributed by atoms with E-state index in [1.165, 1.54) is 11.1 Å². The van der Waals surface area contributed by atoms with Crippen LogP contribution in [0.3, 0.4) is 0 Å². The number of carbonyl (C=O) groups is 1. The van der Waals surface area contributed by atoms with Crippen LogP contribution < -0.4 is 0 Å². The van der Waals surface area contributed by atoms with E-state index in [-0.39, 0.29) is 5.92 Å². The van der Waals surface area contributed by atoms with Gasteiger partial charge in [0.1, 0.15) is 0 Å². The standard InChI is InChI=1S/C16H15NO/c18-16-14(6-5-12-7-9-17-10-8-12)11-13-3-1-2-4-15(13)16/h1-4,7-10,14H,5-6,11H2. The predicted molar refractivity (Wildman–Crippen MR) is 70.5 cm³/mol. The average molecular weight is 237 g/mol. The molecule has 1 aromatic heterocycles. The van der Waals surface area contributed by atoms with Crippen LogP contribution >= 0.6 is 0 Å². The van der Waals surface area contributed by atoms with Crippen molar-refractivity contribution >= 4 is 5.78 Å². The van der Waals surface area contributed by atoms with Gasteiger partial charge in [-0.1, -0.05) is 24.3 Å². The molecule has 1 unspecified atom stereocenters. The van der Waals surface area contributed by atoms with Gasteiger partial charge in [-0.15, -0.1) is 0 Å². The molecule has 1 heterocycles. The lowest BCUT2D eigenvalue weighted by molar-refractivity contribution is 0.0931. The number of nitrogens with zero attached hydrogens (tertiary/aromatic N) is 1. The van der Waals surface area contributed by atoms with E-state index in [9.17, 15) is 4.79 Å². The molecule has 0 saturated heterocycles. The first kappa shape index (κ1) is 11.1. The highest BCUT2D eigenvalue weighted by molar-refractivity contribution is 6.02. The molecule has 18 heavy (non-hydrogen) atoms. The quantitative estimate of drug-likeness (QED) is 0.821. The van der Waals surface area contributed by atoms with E-state index in [1.807, 2.05) is 30.3 Å². The molecule has 0 saturated carbocycles. The van der Waals surface area contributed by atoms with E-state index in [1.54, 1.807) is 12.4 Å². The summed E-state index contributed by atoms with van der Waals surface area (Å²) in [7, 11) is 0. The van der Waals surface area contributed by atoms with Crippen LogP contribution in [-0.2, 0) is 12.8 Å². The van der Waals surface area contributed by atoms with Crippen molar-refractivity contribution in [3.8, 4) is 0 Å². The largest absolute Gasteiger partial charge is 0.294 e. The summed E-state index contributed by atoms with van der Waals surface area (Å²) in [5.74, 6) is 0.482. The molecule has 0 aliphatic heterocycles. The molecule has 1 aliphatic carbocycles. The van der Waals surface area contributed by atoms with Gasteiger partial charge in [-0.3, -0.25) is 9.78 Å². The van der Waals surface area contributed by atoms with Crippen LogP contribution in [-0.4, -0.2) is 10.8 Å². The molecule has 0 N–H and O–H groups in total. The number of rotatable bonds is 3. The van der Waals surface area contributed by atoms with E-state index in [0.29, 0.717) is 5.78 Å². The highest BCUT2D eigenvalue weighted by Gasteiger charge is 2.29. The van der Waals surface area contributed by atoms with Gasteiger partial charge in [0.05, 0.1) is 0 Å². The summed E-state index contributed by atoms with van der Waals surface area (Å²) in [6.45, 7) is 0. The van der Waals surface area contributed by atoms with Crippen molar-refractivity contribution in [2.24, 2.45) is 5.92 Å². The highest BCUT2D eigenvalue weighted by atomic mass is 16.1. The minimum absolute atomic E-state index is 0.163. The Hall–Kier alpha value is -1.96. The highest BCUT2D eigenvalue weighted by Crippen LogP contribution is 2.29. The second-order valence-electron chi connectivity index (χ2n) is 4.82. The SMILES string of the molecule is O=C1c2ccccc2CC1CCc1ccncc1. The van der Waals surface area contributed by atoms with E-state index < -0.39 is 0 Å². The summed E-state index contributed by atoms with van der Waals surface area (Å²) >= 11 is 0. The lowest BCUT2D eigenvalue weighted by Gasteiger charge is -2.07. The first-order valence-corrected chi connectivity index (χ1v) is 6.35. The Morgan fingerprint density at radius 1 is 1.11 bits per heavy atom. The number of fused-ring (bicyclic) bond motifs is 1. The Labute approximate surface area is 107 Å². The van der Waals surface area contributed by atoms with Crippen LogP contribution in [0.2, 0.25) is 0 Å². The zero-order chi connectivity index (χ0) is 12.4. The molecular formula is C16H15NO. The molecule has 0 bridgehead atoms. The van der Waals surface area contributed by atoms with Crippen molar-refractivity contribution in [1.29, 1.82) is 0 Å². The molecule has 2 aromatic rings. The molecule has 0 spiro atoms. The number of aromatic nitrogens is 1. The van der Waals surface area contributed by atoms with Crippen LogP contribution in [0, 0.1) is 5.92 Å². The number of hydrogen-bond acceptors (Lipinski definition) is 2. The van der Waals surface area contributed by atoms with Crippen molar-refractivity contribution in [2.75, 3.05) is 0 Å². The van der Waals surface area contributed by atoms with E-state index >= 15 is 0 Å². The molecule has 0 amide bonds.